The van der Waals surface area contributed by atoms with Crippen molar-refractivity contribution in [2.75, 3.05) is 6.61 Å². The molecule has 0 aliphatic rings. The van der Waals surface area contributed by atoms with E-state index in [0.717, 1.165) is 18.6 Å². The topological polar surface area (TPSA) is 117 Å². The minimum atomic E-state index is -0.765. The summed E-state index contributed by atoms with van der Waals surface area (Å²) in [4.78, 5) is 21.7. The summed E-state index contributed by atoms with van der Waals surface area (Å²) in [6.07, 6.45) is 2.26. The highest BCUT2D eigenvalue weighted by atomic mass is 16.6. The molecule has 142 valence electrons. The van der Waals surface area contributed by atoms with Crippen LogP contribution in [-0.2, 0) is 4.79 Å². The third-order valence-corrected chi connectivity index (χ3v) is 4.01. The van der Waals surface area contributed by atoms with Crippen molar-refractivity contribution in [3.8, 4) is 11.5 Å². The number of hydrogen-bond acceptors (Lipinski definition) is 6. The summed E-state index contributed by atoms with van der Waals surface area (Å²) in [5, 5.41) is 25.7. The Morgan fingerprint density at radius 3 is 2.63 bits per heavy atom. The van der Waals surface area contributed by atoms with Gasteiger partial charge in [0.2, 0.25) is 0 Å². The van der Waals surface area contributed by atoms with E-state index >= 15 is 0 Å². The van der Waals surface area contributed by atoms with Gasteiger partial charge in [0.1, 0.15) is 5.75 Å². The van der Waals surface area contributed by atoms with Crippen molar-refractivity contribution in [2.24, 2.45) is 5.10 Å². The van der Waals surface area contributed by atoms with Gasteiger partial charge in [0.05, 0.1) is 11.1 Å². The van der Waals surface area contributed by atoms with Gasteiger partial charge in [-0.3, -0.25) is 14.9 Å². The highest BCUT2D eigenvalue weighted by Crippen LogP contribution is 2.23. The Hall–Kier alpha value is -3.42. The fourth-order valence-electron chi connectivity index (χ4n) is 2.25. The Morgan fingerprint density at radius 1 is 1.30 bits per heavy atom. The van der Waals surface area contributed by atoms with Gasteiger partial charge in [-0.1, -0.05) is 38.1 Å². The molecule has 0 bridgehead atoms. The van der Waals surface area contributed by atoms with Gasteiger partial charge < -0.3 is 9.84 Å². The Balaban J connectivity index is 1.85. The van der Waals surface area contributed by atoms with E-state index in [2.05, 4.69) is 24.4 Å². The quantitative estimate of drug-likeness (QED) is 0.435. The van der Waals surface area contributed by atoms with Crippen LogP contribution in [0.1, 0.15) is 37.3 Å². The number of amides is 1. The number of benzene rings is 2. The zero-order chi connectivity index (χ0) is 19.8. The molecule has 0 saturated carbocycles. The zero-order valence-electron chi connectivity index (χ0n) is 15.0. The Morgan fingerprint density at radius 2 is 2.00 bits per heavy atom. The van der Waals surface area contributed by atoms with Crippen LogP contribution in [0.4, 0.5) is 5.69 Å². The van der Waals surface area contributed by atoms with E-state index in [4.69, 9.17) is 4.74 Å². The van der Waals surface area contributed by atoms with Gasteiger partial charge in [-0.25, -0.2) is 5.43 Å². The average molecular weight is 370 g/mol. The monoisotopic (exact) mass is 370 g/mol. The van der Waals surface area contributed by atoms with Crippen LogP contribution in [-0.4, -0.2) is 23.7 Å². The normalized spacial score (nSPS) is 11.9. The number of rotatable bonds is 8. The largest absolute Gasteiger partial charge is 0.868 e. The number of nitro benzene ring substituents is 1. The van der Waals surface area contributed by atoms with Crippen LogP contribution >= 0.6 is 0 Å². The standard InChI is InChI=1S/C19H21N3O5/c1-3-13(2)15-5-7-16(8-6-15)27-12-19(24)21-20-11-14-4-9-18(23)17(10-14)22(25)26/h4-11,13,23H,3,12H2,1-2H3,(H,21,24)/p-1/t13-/m0/s1. The fraction of sp³-hybridized carbons (Fsp3) is 0.263. The van der Waals surface area contributed by atoms with Gasteiger partial charge in [-0.2, -0.15) is 5.10 Å². The molecule has 0 unspecified atom stereocenters. The Labute approximate surface area is 156 Å². The zero-order valence-corrected chi connectivity index (χ0v) is 15.0. The number of nitro groups is 1. The van der Waals surface area contributed by atoms with Crippen molar-refractivity contribution in [1.82, 2.24) is 5.43 Å². The minimum absolute atomic E-state index is 0.223. The van der Waals surface area contributed by atoms with Crippen LogP contribution in [0.3, 0.4) is 0 Å². The van der Waals surface area contributed by atoms with E-state index < -0.39 is 22.3 Å². The van der Waals surface area contributed by atoms with Crippen molar-refractivity contribution in [1.29, 1.82) is 0 Å². The summed E-state index contributed by atoms with van der Waals surface area (Å²) < 4.78 is 5.39. The molecule has 0 radical (unpaired) electrons. The van der Waals surface area contributed by atoms with Crippen molar-refractivity contribution in [3.05, 3.63) is 63.7 Å². The molecule has 1 amide bonds. The van der Waals surface area contributed by atoms with E-state index in [0.29, 0.717) is 17.2 Å². The van der Waals surface area contributed by atoms with Crippen molar-refractivity contribution in [3.63, 3.8) is 0 Å². The lowest BCUT2D eigenvalue weighted by Crippen LogP contribution is -2.24. The van der Waals surface area contributed by atoms with Crippen LogP contribution in [0.25, 0.3) is 0 Å². The predicted octanol–water partition coefficient (Wildman–Crippen LogP) is 2.71. The van der Waals surface area contributed by atoms with E-state index in [9.17, 15) is 20.0 Å². The van der Waals surface area contributed by atoms with Crippen LogP contribution < -0.4 is 15.3 Å². The fourth-order valence-corrected chi connectivity index (χ4v) is 2.25. The third kappa shape index (κ3) is 5.81. The van der Waals surface area contributed by atoms with Crippen molar-refractivity contribution < 1.29 is 19.6 Å². The molecule has 0 fully saturated rings. The summed E-state index contributed by atoms with van der Waals surface area (Å²) in [7, 11) is 0. The van der Waals surface area contributed by atoms with Crippen LogP contribution in [0, 0.1) is 10.1 Å². The number of nitrogens with zero attached hydrogens (tertiary/aromatic N) is 2. The van der Waals surface area contributed by atoms with Crippen LogP contribution in [0.5, 0.6) is 11.5 Å². The Kier molecular flexibility index (Phi) is 6.87. The third-order valence-electron chi connectivity index (χ3n) is 4.01. The first-order valence-electron chi connectivity index (χ1n) is 8.40. The van der Waals surface area contributed by atoms with Crippen molar-refractivity contribution >= 4 is 17.8 Å². The van der Waals surface area contributed by atoms with Crippen LogP contribution in [0.15, 0.2) is 47.6 Å². The van der Waals surface area contributed by atoms with Crippen LogP contribution in [0.2, 0.25) is 0 Å². The van der Waals surface area contributed by atoms with Gasteiger partial charge in [0, 0.05) is 11.6 Å². The summed E-state index contributed by atoms with van der Waals surface area (Å²) in [5.74, 6) is -0.132. The number of hydrogen-bond donors (Lipinski definition) is 1. The van der Waals surface area contributed by atoms with Gasteiger partial charge in [0.15, 0.2) is 6.61 Å². The highest BCUT2D eigenvalue weighted by molar-refractivity contribution is 5.84. The number of carbonyl (C=O) groups excluding carboxylic acids is 1. The molecule has 2 aromatic carbocycles. The predicted molar refractivity (Wildman–Crippen MR) is 98.9 cm³/mol. The molecule has 1 atom stereocenters. The molecule has 1 N–H and O–H groups in total. The molecular weight excluding hydrogens is 350 g/mol. The van der Waals surface area contributed by atoms with Crippen molar-refractivity contribution in [2.45, 2.75) is 26.2 Å². The molecule has 0 heterocycles. The number of ether oxygens (including phenoxy) is 1. The maximum absolute atomic E-state index is 11.7. The first-order valence-corrected chi connectivity index (χ1v) is 8.40. The smallest absolute Gasteiger partial charge is 0.277 e. The number of hydrazone groups is 1. The molecule has 8 heteroatoms. The lowest BCUT2D eigenvalue weighted by Gasteiger charge is -2.10. The summed E-state index contributed by atoms with van der Waals surface area (Å²) >= 11 is 0. The number of carbonyl (C=O) groups is 1. The lowest BCUT2D eigenvalue weighted by molar-refractivity contribution is -0.398. The second kappa shape index (κ2) is 9.33. The Bertz CT molecular complexity index is 834. The molecule has 0 aromatic heterocycles. The second-order valence-electron chi connectivity index (χ2n) is 5.94. The molecule has 0 spiro atoms. The lowest BCUT2D eigenvalue weighted by atomic mass is 9.99. The second-order valence-corrected chi connectivity index (χ2v) is 5.94. The van der Waals surface area contributed by atoms with E-state index in [1.54, 1.807) is 0 Å². The molecular formula is C19H20N3O5-. The van der Waals surface area contributed by atoms with Gasteiger partial charge >= 0.3 is 0 Å². The maximum Gasteiger partial charge on any atom is 0.277 e. The molecule has 2 rings (SSSR count). The SMILES string of the molecule is CC[C@H](C)c1ccc(OCC(=O)NN=Cc2ccc([O-])c([N+](=O)[O-])c2)cc1. The van der Waals surface area contributed by atoms with E-state index in [-0.39, 0.29) is 6.61 Å². The van der Waals surface area contributed by atoms with E-state index in [1.807, 2.05) is 24.3 Å². The highest BCUT2D eigenvalue weighted by Gasteiger charge is 2.07. The number of nitrogens with one attached hydrogen (secondary N) is 1. The minimum Gasteiger partial charge on any atom is -0.868 e. The molecule has 27 heavy (non-hydrogen) atoms. The molecule has 8 nitrogen and oxygen atoms in total. The summed E-state index contributed by atoms with van der Waals surface area (Å²) in [5.41, 5.74) is 3.24. The first kappa shape index (κ1) is 19.9. The van der Waals surface area contributed by atoms with E-state index in [1.165, 1.54) is 17.8 Å². The molecule has 2 aromatic rings. The van der Waals surface area contributed by atoms with Gasteiger partial charge in [-0.05, 0) is 35.8 Å². The first-order chi connectivity index (χ1) is 12.9. The average Bonchev–Trinajstić information content (AvgIpc) is 2.67. The summed E-state index contributed by atoms with van der Waals surface area (Å²) in [6.45, 7) is 4.04. The summed E-state index contributed by atoms with van der Waals surface area (Å²) in [6, 6.07) is 11.1. The maximum atomic E-state index is 11.7. The van der Waals surface area contributed by atoms with Gasteiger partial charge in [0.25, 0.3) is 11.6 Å². The molecule has 0 aliphatic carbocycles. The van der Waals surface area contributed by atoms with Gasteiger partial charge in [-0.15, -0.1) is 0 Å². The molecule has 0 saturated heterocycles. The molecule has 0 aliphatic heterocycles.